The van der Waals surface area contributed by atoms with Crippen molar-refractivity contribution in [1.29, 1.82) is 0 Å². The molecule has 0 rings (SSSR count). The van der Waals surface area contributed by atoms with Crippen LogP contribution >= 0.6 is 11.8 Å². The smallest absolute Gasteiger partial charge is 0.444 e. The Morgan fingerprint density at radius 1 is 0.491 bits per heavy atom. The van der Waals surface area contributed by atoms with Crippen LogP contribution in [0, 0.1) is 0 Å². The van der Waals surface area contributed by atoms with Crippen LogP contribution in [0.2, 0.25) is 0 Å². The van der Waals surface area contributed by atoms with E-state index in [1.165, 1.54) is 148 Å². The van der Waals surface area contributed by atoms with Gasteiger partial charge in [0.25, 0.3) is 0 Å². The Bertz CT molecular complexity index is 755. The number of rotatable bonds is 41. The topological polar surface area (TPSA) is 77.1 Å². The molecule has 0 heterocycles. The molecule has 0 saturated heterocycles. The van der Waals surface area contributed by atoms with E-state index < -0.39 is 11.3 Å². The summed E-state index contributed by atoms with van der Waals surface area (Å²) in [7, 11) is 1.90. The third-order valence-electron chi connectivity index (χ3n) is 10.4. The van der Waals surface area contributed by atoms with Crippen molar-refractivity contribution in [3.05, 3.63) is 0 Å². The Morgan fingerprint density at radius 2 is 0.830 bits per heavy atom. The van der Waals surface area contributed by atoms with E-state index >= 15 is 0 Å². The van der Waals surface area contributed by atoms with Gasteiger partial charge in [-0.3, -0.25) is 4.79 Å². The van der Waals surface area contributed by atoms with Gasteiger partial charge in [-0.05, 0) is 58.5 Å². The first-order chi connectivity index (χ1) is 26.0. The number of hydrogen-bond acceptors (Lipinski definition) is 7. The number of hydroxylamine groups is 2. The number of ether oxygens (including phenoxy) is 1. The molecule has 0 aromatic carbocycles. The fourth-order valence-electron chi connectivity index (χ4n) is 6.89. The first-order valence-corrected chi connectivity index (χ1v) is 24.2. The van der Waals surface area contributed by atoms with Gasteiger partial charge in [0, 0.05) is 5.75 Å². The van der Waals surface area contributed by atoms with Crippen molar-refractivity contribution < 1.29 is 24.2 Å². The lowest BCUT2D eigenvalue weighted by molar-refractivity contribution is -0.411. The second kappa shape index (κ2) is 42.3. The minimum absolute atomic E-state index is 0.153. The van der Waals surface area contributed by atoms with E-state index in [1.54, 1.807) is 0 Å². The van der Waals surface area contributed by atoms with E-state index in [1.807, 2.05) is 7.05 Å². The Hall–Kier alpha value is -0.830. The fourth-order valence-corrected chi connectivity index (χ4v) is 7.58. The van der Waals surface area contributed by atoms with Crippen LogP contribution in [0.5, 0.6) is 0 Å². The number of thioether (sulfide) groups is 1. The quantitative estimate of drug-likeness (QED) is 0.0377. The largest absolute Gasteiger partial charge is 0.444 e. The molecule has 2 amide bonds. The number of amides is 2. The molecule has 0 saturated carbocycles. The molecule has 316 valence electrons. The van der Waals surface area contributed by atoms with E-state index in [0.717, 1.165) is 94.0 Å². The highest BCUT2D eigenvalue weighted by Crippen LogP contribution is 2.23. The van der Waals surface area contributed by atoms with Crippen molar-refractivity contribution in [2.75, 3.05) is 19.3 Å². The lowest BCUT2D eigenvalue weighted by Gasteiger charge is -2.24. The maximum Gasteiger partial charge on any atom is 0.444 e. The third-order valence-corrected chi connectivity index (χ3v) is 11.3. The van der Waals surface area contributed by atoms with E-state index in [2.05, 4.69) is 33.0 Å². The molecule has 53 heavy (non-hydrogen) atoms. The maximum atomic E-state index is 13.8. The molecule has 0 fully saturated rings. The molecule has 0 spiro atoms. The molecular weight excluding hydrogens is 681 g/mol. The van der Waals surface area contributed by atoms with Gasteiger partial charge in [0.05, 0.1) is 6.10 Å². The second-order valence-electron chi connectivity index (χ2n) is 15.7. The van der Waals surface area contributed by atoms with Crippen LogP contribution in [0.1, 0.15) is 246 Å². The molecule has 7 nitrogen and oxygen atoms in total. The summed E-state index contributed by atoms with van der Waals surface area (Å²) < 4.78 is 6.12. The number of carbonyl (C=O) groups is 2. The van der Waals surface area contributed by atoms with Gasteiger partial charge < -0.3 is 10.1 Å². The van der Waals surface area contributed by atoms with Crippen LogP contribution in [0.3, 0.4) is 0 Å². The lowest BCUT2D eigenvalue weighted by atomic mass is 10.0. The van der Waals surface area contributed by atoms with Crippen LogP contribution in [0.25, 0.3) is 0 Å². The number of nitrogens with zero attached hydrogens (tertiary/aromatic N) is 1. The van der Waals surface area contributed by atoms with Gasteiger partial charge in [-0.25, -0.2) is 9.68 Å². The van der Waals surface area contributed by atoms with Gasteiger partial charge in [0.2, 0.25) is 0 Å². The molecule has 0 radical (unpaired) electrons. The molecule has 1 atom stereocenters. The van der Waals surface area contributed by atoms with Gasteiger partial charge in [0.15, 0.2) is 0 Å². The maximum absolute atomic E-state index is 13.8. The van der Waals surface area contributed by atoms with Crippen LogP contribution < -0.4 is 5.32 Å². The van der Waals surface area contributed by atoms with Crippen molar-refractivity contribution in [1.82, 2.24) is 10.4 Å². The molecule has 0 bridgehead atoms. The zero-order valence-corrected chi connectivity index (χ0v) is 36.8. The van der Waals surface area contributed by atoms with Crippen LogP contribution in [-0.2, 0) is 14.6 Å². The first-order valence-electron chi connectivity index (χ1n) is 23.2. The highest BCUT2D eigenvalue weighted by Gasteiger charge is 2.30. The van der Waals surface area contributed by atoms with Crippen LogP contribution in [0.4, 0.5) is 9.59 Å². The molecule has 0 aliphatic carbocycles. The van der Waals surface area contributed by atoms with E-state index in [4.69, 9.17) is 14.6 Å². The summed E-state index contributed by atoms with van der Waals surface area (Å²) in [6.45, 7) is 9.82. The van der Waals surface area contributed by atoms with Crippen molar-refractivity contribution in [3.63, 3.8) is 0 Å². The molecule has 0 aliphatic heterocycles. The van der Waals surface area contributed by atoms with Crippen molar-refractivity contribution in [3.8, 4) is 0 Å². The zero-order valence-electron chi connectivity index (χ0n) is 36.0. The monoisotopic (exact) mass is 771 g/mol. The number of unbranched alkanes of at least 4 members (excludes halogenated alkanes) is 25. The number of imide groups is 1. The highest BCUT2D eigenvalue weighted by molar-refractivity contribution is 8.13. The SMILES string of the molecule is CCCCCCCCCCC(CCCCCCCCC)OON(C(=O)OC(CCCCCCCCC)CCCCCCCCC)C(=O)SCCCNC. The zero-order chi connectivity index (χ0) is 38.9. The normalized spacial score (nSPS) is 12.1. The summed E-state index contributed by atoms with van der Waals surface area (Å²) in [4.78, 5) is 39.0. The summed E-state index contributed by atoms with van der Waals surface area (Å²) in [6.07, 6.45) is 38.8. The molecule has 8 heteroatoms. The highest BCUT2D eigenvalue weighted by atomic mass is 32.2. The summed E-state index contributed by atoms with van der Waals surface area (Å²) in [5, 5.41) is 3.46. The molecular formula is C45H90N2O5S. The fraction of sp³-hybridized carbons (Fsp3) is 0.956. The minimum atomic E-state index is -0.728. The average molecular weight is 771 g/mol. The third kappa shape index (κ3) is 35.3. The molecule has 1 N–H and O–H groups in total. The van der Waals surface area contributed by atoms with Crippen molar-refractivity contribution in [2.24, 2.45) is 0 Å². The lowest BCUT2D eigenvalue weighted by Crippen LogP contribution is -2.38. The number of carbonyl (C=O) groups excluding carboxylic acids is 2. The van der Waals surface area contributed by atoms with Crippen molar-refractivity contribution >= 4 is 23.1 Å². The molecule has 0 aliphatic rings. The number of hydrogen-bond donors (Lipinski definition) is 1. The predicted octanol–water partition coefficient (Wildman–Crippen LogP) is 15.4. The van der Waals surface area contributed by atoms with E-state index in [0.29, 0.717) is 5.75 Å². The van der Waals surface area contributed by atoms with E-state index in [9.17, 15) is 9.59 Å². The van der Waals surface area contributed by atoms with Crippen LogP contribution in [0.15, 0.2) is 0 Å². The Morgan fingerprint density at radius 3 is 1.19 bits per heavy atom. The predicted molar refractivity (Wildman–Crippen MR) is 230 cm³/mol. The van der Waals surface area contributed by atoms with Gasteiger partial charge in [-0.15, -0.1) is 0 Å². The first kappa shape index (κ1) is 52.2. The standard InChI is InChI=1S/C45H90N2O5S/c1-6-10-14-18-22-26-30-34-39-43(38-33-29-25-21-17-13-9-4)51-52-47(45(49)53-41-35-40-46-5)44(48)50-42(36-31-27-23-19-15-11-7-2)37-32-28-24-20-16-12-8-3/h42-43,46H,6-41H2,1-5H3. The van der Waals surface area contributed by atoms with Gasteiger partial charge in [-0.2, -0.15) is 0 Å². The van der Waals surface area contributed by atoms with E-state index in [-0.39, 0.29) is 12.2 Å². The second-order valence-corrected chi connectivity index (χ2v) is 16.7. The summed E-state index contributed by atoms with van der Waals surface area (Å²) in [5.74, 6) is 0.589. The number of nitrogens with one attached hydrogen (secondary N) is 1. The molecule has 1 unspecified atom stereocenters. The van der Waals surface area contributed by atoms with Gasteiger partial charge in [-0.1, -0.05) is 223 Å². The van der Waals surface area contributed by atoms with Gasteiger partial charge in [0.1, 0.15) is 6.10 Å². The van der Waals surface area contributed by atoms with Crippen LogP contribution in [-0.4, -0.2) is 47.9 Å². The van der Waals surface area contributed by atoms with Crippen molar-refractivity contribution in [2.45, 2.75) is 258 Å². The molecule has 0 aromatic rings. The Kier molecular flexibility index (Phi) is 41.7. The summed E-state index contributed by atoms with van der Waals surface area (Å²) >= 11 is 1.10. The Balaban J connectivity index is 5.48. The average Bonchev–Trinajstić information content (AvgIpc) is 3.16. The summed E-state index contributed by atoms with van der Waals surface area (Å²) in [6, 6.07) is 0. The summed E-state index contributed by atoms with van der Waals surface area (Å²) in [5.41, 5.74) is 0. The molecule has 0 aromatic heterocycles. The Labute approximate surface area is 334 Å². The minimum Gasteiger partial charge on any atom is -0.444 e. The van der Waals surface area contributed by atoms with Gasteiger partial charge >= 0.3 is 11.3 Å².